The zero-order valence-electron chi connectivity index (χ0n) is 9.02. The summed E-state index contributed by atoms with van der Waals surface area (Å²) in [5, 5.41) is 0. The zero-order valence-corrected chi connectivity index (χ0v) is 9.84. The van der Waals surface area contributed by atoms with E-state index in [2.05, 4.69) is 9.47 Å². The minimum Gasteiger partial charge on any atom is -0.435 e. The molecule has 0 aliphatic carbocycles. The number of ether oxygens (including phenoxy) is 2. The Labute approximate surface area is 105 Å². The lowest BCUT2D eigenvalue weighted by Gasteiger charge is -2.11. The third-order valence-corrected chi connectivity index (χ3v) is 2.46. The minimum absolute atomic E-state index is 0.440. The summed E-state index contributed by atoms with van der Waals surface area (Å²) in [6, 6.07) is 2.34. The highest BCUT2D eigenvalue weighted by atomic mass is 32.3. The van der Waals surface area contributed by atoms with Crippen LogP contribution in [0, 0.1) is 0 Å². The van der Waals surface area contributed by atoms with E-state index in [0.29, 0.717) is 6.07 Å². The highest BCUT2D eigenvalue weighted by Gasteiger charge is 2.18. The van der Waals surface area contributed by atoms with Crippen LogP contribution in [0.3, 0.4) is 0 Å². The molecule has 0 unspecified atom stereocenters. The number of rotatable bonds is 6. The monoisotopic (exact) mass is 306 g/mol. The molecule has 0 heterocycles. The highest BCUT2D eigenvalue weighted by Crippen LogP contribution is 2.29. The predicted molar refractivity (Wildman–Crippen MR) is 53.4 cm³/mol. The molecule has 0 amide bonds. The van der Waals surface area contributed by atoms with Gasteiger partial charge in [0, 0.05) is 11.6 Å². The molecule has 0 aromatic heterocycles. The quantitative estimate of drug-likeness (QED) is 0.599. The molecule has 4 nitrogen and oxygen atoms in total. The second kappa shape index (κ2) is 6.04. The molecule has 0 aliphatic heterocycles. The Bertz CT molecular complexity index is 531. The molecule has 19 heavy (non-hydrogen) atoms. The van der Waals surface area contributed by atoms with Crippen molar-refractivity contribution in [2.75, 3.05) is 0 Å². The largest absolute Gasteiger partial charge is 0.435 e. The maximum Gasteiger partial charge on any atom is 0.387 e. The normalized spacial score (nSPS) is 11.9. The van der Waals surface area contributed by atoms with Crippen molar-refractivity contribution in [3.63, 3.8) is 0 Å². The lowest BCUT2D eigenvalue weighted by Crippen LogP contribution is -2.08. The highest BCUT2D eigenvalue weighted by molar-refractivity contribution is 7.85. The Hall–Kier alpha value is -1.58. The van der Waals surface area contributed by atoms with E-state index in [4.69, 9.17) is 0 Å². The zero-order chi connectivity index (χ0) is 14.6. The van der Waals surface area contributed by atoms with Crippen LogP contribution in [-0.2, 0) is 16.0 Å². The molecule has 0 bridgehead atoms. The number of benzene rings is 1. The third-order valence-electron chi connectivity index (χ3n) is 1.81. The van der Waals surface area contributed by atoms with Crippen molar-refractivity contribution >= 4 is 10.2 Å². The van der Waals surface area contributed by atoms with E-state index in [1.54, 1.807) is 0 Å². The average molecular weight is 306 g/mol. The first-order valence-corrected chi connectivity index (χ1v) is 6.17. The Morgan fingerprint density at radius 2 is 1.63 bits per heavy atom. The number of hydrogen-bond acceptors (Lipinski definition) is 4. The van der Waals surface area contributed by atoms with E-state index in [-0.39, 0.29) is 0 Å². The third kappa shape index (κ3) is 5.73. The van der Waals surface area contributed by atoms with E-state index < -0.39 is 46.3 Å². The fraction of sp³-hybridized carbons (Fsp3) is 0.333. The first-order valence-electron chi connectivity index (χ1n) is 4.62. The van der Waals surface area contributed by atoms with Crippen LogP contribution in [0.15, 0.2) is 18.2 Å². The molecule has 0 N–H and O–H groups in total. The summed E-state index contributed by atoms with van der Waals surface area (Å²) in [6.45, 7) is -6.53. The topological polar surface area (TPSA) is 52.6 Å². The molecule has 0 aliphatic rings. The van der Waals surface area contributed by atoms with Gasteiger partial charge in [0.2, 0.25) is 0 Å². The summed E-state index contributed by atoms with van der Waals surface area (Å²) in [6.07, 6.45) is 0. The van der Waals surface area contributed by atoms with Crippen LogP contribution in [0.4, 0.5) is 21.4 Å². The van der Waals surface area contributed by atoms with E-state index >= 15 is 0 Å². The minimum atomic E-state index is -4.99. The molecule has 108 valence electrons. The van der Waals surface area contributed by atoms with Gasteiger partial charge in [0.25, 0.3) is 0 Å². The smallest absolute Gasteiger partial charge is 0.387 e. The summed E-state index contributed by atoms with van der Waals surface area (Å²) in [5.41, 5.74) is -0.440. The molecule has 0 saturated carbocycles. The summed E-state index contributed by atoms with van der Waals surface area (Å²) in [4.78, 5) is 0. The van der Waals surface area contributed by atoms with Crippen LogP contribution in [0.2, 0.25) is 0 Å². The van der Waals surface area contributed by atoms with Gasteiger partial charge in [0.15, 0.2) is 0 Å². The SMILES string of the molecule is O=S(=O)(F)Cc1ccc(OC(F)F)cc1OC(F)F. The summed E-state index contributed by atoms with van der Waals surface area (Å²) >= 11 is 0. The Balaban J connectivity index is 3.09. The van der Waals surface area contributed by atoms with Crippen molar-refractivity contribution in [2.24, 2.45) is 0 Å². The maximum absolute atomic E-state index is 12.5. The van der Waals surface area contributed by atoms with Crippen LogP contribution < -0.4 is 9.47 Å². The van der Waals surface area contributed by atoms with Crippen molar-refractivity contribution < 1.29 is 39.3 Å². The fourth-order valence-electron chi connectivity index (χ4n) is 1.22. The number of hydrogen-bond donors (Lipinski definition) is 0. The molecule has 0 radical (unpaired) electrons. The van der Waals surface area contributed by atoms with Gasteiger partial charge in [-0.2, -0.15) is 26.0 Å². The van der Waals surface area contributed by atoms with Gasteiger partial charge in [-0.1, -0.05) is 6.07 Å². The van der Waals surface area contributed by atoms with Gasteiger partial charge < -0.3 is 9.47 Å². The lowest BCUT2D eigenvalue weighted by molar-refractivity contribution is -0.0546. The summed E-state index contributed by atoms with van der Waals surface area (Å²) in [7, 11) is -4.99. The predicted octanol–water partition coefficient (Wildman–Crippen LogP) is 2.69. The van der Waals surface area contributed by atoms with Gasteiger partial charge in [-0.3, -0.25) is 0 Å². The average Bonchev–Trinajstić information content (AvgIpc) is 2.18. The van der Waals surface area contributed by atoms with Crippen LogP contribution in [0.1, 0.15) is 5.56 Å². The van der Waals surface area contributed by atoms with Gasteiger partial charge in [-0.05, 0) is 6.07 Å². The summed E-state index contributed by atoms with van der Waals surface area (Å²) < 4.78 is 89.2. The standard InChI is InChI=1S/C9H7F5O4S/c10-8(11)17-6-2-1-5(4-19(14,15)16)7(3-6)18-9(12)13/h1-3,8-9H,4H2. The van der Waals surface area contributed by atoms with E-state index in [1.165, 1.54) is 0 Å². The second-order valence-electron chi connectivity index (χ2n) is 3.21. The van der Waals surface area contributed by atoms with Gasteiger partial charge in [0.05, 0.1) is 0 Å². The molecule has 1 aromatic carbocycles. The molecule has 0 saturated heterocycles. The van der Waals surface area contributed by atoms with Crippen molar-refractivity contribution in [1.82, 2.24) is 0 Å². The van der Waals surface area contributed by atoms with E-state index in [9.17, 15) is 29.9 Å². The molecule has 1 rings (SSSR count). The van der Waals surface area contributed by atoms with Crippen molar-refractivity contribution in [1.29, 1.82) is 0 Å². The van der Waals surface area contributed by atoms with Gasteiger partial charge in [-0.25, -0.2) is 0 Å². The number of alkyl halides is 4. The molecular formula is C9H7F5O4S. The second-order valence-corrected chi connectivity index (χ2v) is 4.58. The van der Waals surface area contributed by atoms with Crippen LogP contribution in [0.25, 0.3) is 0 Å². The van der Waals surface area contributed by atoms with Crippen molar-refractivity contribution in [3.05, 3.63) is 23.8 Å². The van der Waals surface area contributed by atoms with Gasteiger partial charge in [0.1, 0.15) is 17.3 Å². The first-order chi connectivity index (χ1) is 8.67. The van der Waals surface area contributed by atoms with Crippen molar-refractivity contribution in [3.8, 4) is 11.5 Å². The molecule has 0 atom stereocenters. The van der Waals surface area contributed by atoms with Gasteiger partial charge in [-0.15, -0.1) is 3.89 Å². The lowest BCUT2D eigenvalue weighted by atomic mass is 10.2. The van der Waals surface area contributed by atoms with Gasteiger partial charge >= 0.3 is 23.4 Å². The maximum atomic E-state index is 12.5. The van der Waals surface area contributed by atoms with Crippen molar-refractivity contribution in [2.45, 2.75) is 19.0 Å². The van der Waals surface area contributed by atoms with E-state index in [1.807, 2.05) is 0 Å². The molecule has 10 heteroatoms. The summed E-state index contributed by atoms with van der Waals surface area (Å²) in [5.74, 6) is -2.50. The van der Waals surface area contributed by atoms with E-state index in [0.717, 1.165) is 12.1 Å². The molecule has 1 aromatic rings. The van der Waals surface area contributed by atoms with Crippen LogP contribution >= 0.6 is 0 Å². The number of halogens is 5. The first kappa shape index (κ1) is 15.5. The fourth-order valence-corrected chi connectivity index (χ4v) is 1.83. The Morgan fingerprint density at radius 3 is 2.11 bits per heavy atom. The Morgan fingerprint density at radius 1 is 1.05 bits per heavy atom. The van der Waals surface area contributed by atoms with Crippen LogP contribution in [0.5, 0.6) is 11.5 Å². The molecule has 0 spiro atoms. The molecular weight excluding hydrogens is 299 g/mol. The molecule has 0 fully saturated rings. The van der Waals surface area contributed by atoms with Crippen LogP contribution in [-0.4, -0.2) is 21.6 Å². The Kier molecular flexibility index (Phi) is 4.92.